The molecule has 26 heavy (non-hydrogen) atoms. The van der Waals surface area contributed by atoms with E-state index >= 15 is 0 Å². The van der Waals surface area contributed by atoms with Crippen molar-refractivity contribution in [2.24, 2.45) is 0 Å². The van der Waals surface area contributed by atoms with Gasteiger partial charge in [0, 0.05) is 20.9 Å². The summed E-state index contributed by atoms with van der Waals surface area (Å²) in [7, 11) is 0. The first-order chi connectivity index (χ1) is 12.6. The van der Waals surface area contributed by atoms with Crippen molar-refractivity contribution in [3.63, 3.8) is 0 Å². The Morgan fingerprint density at radius 3 is 1.38 bits per heavy atom. The molecule has 0 amide bonds. The van der Waals surface area contributed by atoms with E-state index in [1.54, 1.807) is 22.7 Å². The second-order valence-corrected chi connectivity index (χ2v) is 8.22. The highest BCUT2D eigenvalue weighted by Crippen LogP contribution is 2.36. The van der Waals surface area contributed by atoms with Gasteiger partial charge in [-0.3, -0.25) is 4.79 Å². The lowest BCUT2D eigenvalue weighted by Gasteiger charge is -2.06. The number of hydrogen-bond donors (Lipinski definition) is 0. The van der Waals surface area contributed by atoms with E-state index in [1.165, 1.54) is 11.1 Å². The van der Waals surface area contributed by atoms with Crippen LogP contribution in [0.2, 0.25) is 0 Å². The van der Waals surface area contributed by atoms with E-state index in [4.69, 9.17) is 0 Å². The van der Waals surface area contributed by atoms with Crippen LogP contribution < -0.4 is 0 Å². The summed E-state index contributed by atoms with van der Waals surface area (Å²) in [6, 6.07) is 20.6. The SMILES string of the molecule is Cc1ccc(-c2sccc2C(=O)c2ccsc2-c2ccc(C)cc2)cc1. The van der Waals surface area contributed by atoms with Crippen LogP contribution in [0.1, 0.15) is 27.0 Å². The van der Waals surface area contributed by atoms with E-state index in [1.807, 2.05) is 22.9 Å². The van der Waals surface area contributed by atoms with Gasteiger partial charge < -0.3 is 0 Å². The Hall–Kier alpha value is -2.49. The summed E-state index contributed by atoms with van der Waals surface area (Å²) in [5.41, 5.74) is 6.20. The van der Waals surface area contributed by atoms with Crippen molar-refractivity contribution in [3.8, 4) is 20.9 Å². The zero-order chi connectivity index (χ0) is 18.1. The van der Waals surface area contributed by atoms with E-state index in [2.05, 4.69) is 62.4 Å². The summed E-state index contributed by atoms with van der Waals surface area (Å²) in [6.07, 6.45) is 0. The van der Waals surface area contributed by atoms with E-state index in [0.29, 0.717) is 0 Å². The molecular weight excluding hydrogens is 356 g/mol. The molecule has 4 aromatic rings. The Bertz CT molecular complexity index is 965. The summed E-state index contributed by atoms with van der Waals surface area (Å²) < 4.78 is 0. The number of rotatable bonds is 4. The van der Waals surface area contributed by atoms with Crippen LogP contribution in [-0.2, 0) is 0 Å². The topological polar surface area (TPSA) is 17.1 Å². The molecule has 128 valence electrons. The summed E-state index contributed by atoms with van der Waals surface area (Å²) in [5, 5.41) is 4.00. The average Bonchev–Trinajstić information content (AvgIpc) is 3.32. The van der Waals surface area contributed by atoms with Crippen molar-refractivity contribution in [1.82, 2.24) is 0 Å². The maximum Gasteiger partial charge on any atom is 0.195 e. The number of carbonyl (C=O) groups is 1. The van der Waals surface area contributed by atoms with Crippen molar-refractivity contribution in [1.29, 1.82) is 0 Å². The molecule has 0 spiro atoms. The first-order valence-corrected chi connectivity index (χ1v) is 10.2. The minimum absolute atomic E-state index is 0.0960. The second kappa shape index (κ2) is 7.02. The monoisotopic (exact) mass is 374 g/mol. The van der Waals surface area contributed by atoms with Gasteiger partial charge in [0.2, 0.25) is 0 Å². The molecule has 0 N–H and O–H groups in total. The minimum Gasteiger partial charge on any atom is -0.289 e. The number of carbonyl (C=O) groups excluding carboxylic acids is 1. The van der Waals surface area contributed by atoms with E-state index in [9.17, 15) is 4.79 Å². The molecule has 0 aliphatic carbocycles. The van der Waals surface area contributed by atoms with Gasteiger partial charge in [-0.25, -0.2) is 0 Å². The molecule has 0 aliphatic heterocycles. The van der Waals surface area contributed by atoms with Gasteiger partial charge in [0.25, 0.3) is 0 Å². The highest BCUT2D eigenvalue weighted by molar-refractivity contribution is 7.14. The molecule has 1 nitrogen and oxygen atoms in total. The summed E-state index contributed by atoms with van der Waals surface area (Å²) >= 11 is 3.24. The Labute approximate surface area is 161 Å². The zero-order valence-corrected chi connectivity index (χ0v) is 16.3. The average molecular weight is 375 g/mol. The highest BCUT2D eigenvalue weighted by atomic mass is 32.1. The van der Waals surface area contributed by atoms with Gasteiger partial charge in [-0.15, -0.1) is 22.7 Å². The lowest BCUT2D eigenvalue weighted by atomic mass is 9.99. The Kier molecular flexibility index (Phi) is 4.58. The third-order valence-electron chi connectivity index (χ3n) is 4.45. The van der Waals surface area contributed by atoms with Crippen LogP contribution in [0.25, 0.3) is 20.9 Å². The first-order valence-electron chi connectivity index (χ1n) is 8.47. The fraction of sp³-hybridized carbons (Fsp3) is 0.0870. The smallest absolute Gasteiger partial charge is 0.195 e. The minimum atomic E-state index is 0.0960. The van der Waals surface area contributed by atoms with Crippen LogP contribution in [0.3, 0.4) is 0 Å². The number of thiophene rings is 2. The van der Waals surface area contributed by atoms with Gasteiger partial charge in [0.1, 0.15) is 0 Å². The molecular formula is C23H18OS2. The zero-order valence-electron chi connectivity index (χ0n) is 14.7. The van der Waals surface area contributed by atoms with Crippen LogP contribution in [0, 0.1) is 13.8 Å². The van der Waals surface area contributed by atoms with Gasteiger partial charge in [-0.1, -0.05) is 59.7 Å². The molecule has 0 aliphatic rings. The molecule has 0 fully saturated rings. The number of aryl methyl sites for hydroxylation is 2. The number of hydrogen-bond acceptors (Lipinski definition) is 3. The van der Waals surface area contributed by atoms with Crippen molar-refractivity contribution < 1.29 is 4.79 Å². The van der Waals surface area contributed by atoms with Gasteiger partial charge in [-0.2, -0.15) is 0 Å². The Balaban J connectivity index is 1.75. The molecule has 0 saturated carbocycles. The van der Waals surface area contributed by atoms with Crippen LogP contribution >= 0.6 is 22.7 Å². The lowest BCUT2D eigenvalue weighted by Crippen LogP contribution is -2.01. The molecule has 4 rings (SSSR count). The van der Waals surface area contributed by atoms with Crippen molar-refractivity contribution in [2.75, 3.05) is 0 Å². The van der Waals surface area contributed by atoms with Crippen molar-refractivity contribution in [2.45, 2.75) is 13.8 Å². The summed E-state index contributed by atoms with van der Waals surface area (Å²) in [5.74, 6) is 0.0960. The number of ketones is 1. The van der Waals surface area contributed by atoms with Gasteiger partial charge in [0.05, 0.1) is 0 Å². The highest BCUT2D eigenvalue weighted by Gasteiger charge is 2.20. The standard InChI is InChI=1S/C23H18OS2/c1-15-3-7-17(8-4-15)22-19(11-13-25-22)21(24)20-12-14-26-23(20)18-9-5-16(2)6-10-18/h3-14H,1-2H3. The normalized spacial score (nSPS) is 10.8. The molecule has 2 aromatic heterocycles. The van der Waals surface area contributed by atoms with Crippen LogP contribution in [-0.4, -0.2) is 5.78 Å². The van der Waals surface area contributed by atoms with Gasteiger partial charge >= 0.3 is 0 Å². The predicted molar refractivity (Wildman–Crippen MR) is 112 cm³/mol. The van der Waals surface area contributed by atoms with Crippen LogP contribution in [0.15, 0.2) is 71.4 Å². The van der Waals surface area contributed by atoms with Gasteiger partial charge in [-0.05, 0) is 47.9 Å². The Morgan fingerprint density at radius 1 is 0.615 bits per heavy atom. The summed E-state index contributed by atoms with van der Waals surface area (Å²) in [6.45, 7) is 4.15. The molecule has 0 radical (unpaired) electrons. The van der Waals surface area contributed by atoms with E-state index in [-0.39, 0.29) is 5.78 Å². The molecule has 0 bridgehead atoms. The second-order valence-electron chi connectivity index (χ2n) is 6.39. The van der Waals surface area contributed by atoms with E-state index < -0.39 is 0 Å². The van der Waals surface area contributed by atoms with E-state index in [0.717, 1.165) is 32.0 Å². The first kappa shape index (κ1) is 17.0. The quantitative estimate of drug-likeness (QED) is 0.352. The van der Waals surface area contributed by atoms with Crippen molar-refractivity contribution >= 4 is 28.5 Å². The third-order valence-corrected chi connectivity index (χ3v) is 6.37. The molecule has 0 atom stereocenters. The number of benzene rings is 2. The molecule has 0 saturated heterocycles. The maximum absolute atomic E-state index is 13.3. The molecule has 3 heteroatoms. The lowest BCUT2D eigenvalue weighted by molar-refractivity contribution is 0.104. The van der Waals surface area contributed by atoms with Crippen LogP contribution in [0.5, 0.6) is 0 Å². The predicted octanol–water partition coefficient (Wildman–Crippen LogP) is 6.99. The maximum atomic E-state index is 13.3. The summed E-state index contributed by atoms with van der Waals surface area (Å²) in [4.78, 5) is 15.4. The molecule has 0 unspecified atom stereocenters. The fourth-order valence-electron chi connectivity index (χ4n) is 2.98. The molecule has 2 heterocycles. The van der Waals surface area contributed by atoms with Crippen LogP contribution in [0.4, 0.5) is 0 Å². The van der Waals surface area contributed by atoms with Gasteiger partial charge in [0.15, 0.2) is 5.78 Å². The largest absolute Gasteiger partial charge is 0.289 e. The Morgan fingerprint density at radius 2 is 1.00 bits per heavy atom. The van der Waals surface area contributed by atoms with Crippen molar-refractivity contribution in [3.05, 3.63) is 93.7 Å². The molecule has 2 aromatic carbocycles. The fourth-order valence-corrected chi connectivity index (χ4v) is 4.78. The third kappa shape index (κ3) is 3.16.